The Morgan fingerprint density at radius 3 is 1.20 bits per heavy atom. The summed E-state index contributed by atoms with van der Waals surface area (Å²) in [6.45, 7) is 4.36. The van der Waals surface area contributed by atoms with E-state index in [1.807, 2.05) is 0 Å². The van der Waals surface area contributed by atoms with Crippen LogP contribution in [0.5, 0.6) is 0 Å². The van der Waals surface area contributed by atoms with Crippen molar-refractivity contribution in [2.75, 3.05) is 6.61 Å². The predicted octanol–water partition coefficient (Wildman–Crippen LogP) is 12.7. The van der Waals surface area contributed by atoms with Gasteiger partial charge in [-0.1, -0.05) is 199 Å². The number of carbonyl (C=O) groups excluding carboxylic acids is 1. The van der Waals surface area contributed by atoms with Gasteiger partial charge >= 0.3 is 0 Å². The number of nitrogens with one attached hydrogen (secondary N) is 1. The van der Waals surface area contributed by atoms with Crippen molar-refractivity contribution in [3.8, 4) is 0 Å². The summed E-state index contributed by atoms with van der Waals surface area (Å²) in [6.07, 6.45) is 47.0. The van der Waals surface area contributed by atoms with E-state index in [0.717, 1.165) is 25.7 Å². The molecule has 0 aliphatic heterocycles. The lowest BCUT2D eigenvalue weighted by Crippen LogP contribution is -2.45. The molecule has 4 heteroatoms. The maximum atomic E-state index is 12.4. The second-order valence-corrected chi connectivity index (χ2v) is 14.4. The quantitative estimate of drug-likeness (QED) is 0.0460. The van der Waals surface area contributed by atoms with Crippen LogP contribution in [0.25, 0.3) is 0 Å². The number of hydrogen-bond donors (Lipinski definition) is 3. The fraction of sp³-hybridized carbons (Fsp3) is 0.929. The largest absolute Gasteiger partial charge is 0.394 e. The molecule has 0 rings (SSSR count). The van der Waals surface area contributed by atoms with Gasteiger partial charge in [0.2, 0.25) is 5.91 Å². The highest BCUT2D eigenvalue weighted by atomic mass is 16.3. The van der Waals surface area contributed by atoms with Crippen LogP contribution in [-0.4, -0.2) is 34.9 Å². The SMILES string of the molecule is CCCCCCCC/C=C\CCCCCCCCCCCC(=O)NC(CO)C(O)CCCCCCCCCCCCCCCCC. The third-order valence-corrected chi connectivity index (χ3v) is 9.78. The topological polar surface area (TPSA) is 69.6 Å². The van der Waals surface area contributed by atoms with Gasteiger partial charge in [-0.05, 0) is 38.5 Å². The molecule has 46 heavy (non-hydrogen) atoms. The predicted molar refractivity (Wildman–Crippen MR) is 202 cm³/mol. The second-order valence-electron chi connectivity index (χ2n) is 14.4. The second kappa shape index (κ2) is 38.6. The normalized spacial score (nSPS) is 13.0. The minimum absolute atomic E-state index is 0.0318. The molecule has 0 aromatic rings. The summed E-state index contributed by atoms with van der Waals surface area (Å²) < 4.78 is 0. The van der Waals surface area contributed by atoms with Crippen LogP contribution in [-0.2, 0) is 4.79 Å². The molecule has 3 N–H and O–H groups in total. The first-order valence-electron chi connectivity index (χ1n) is 20.9. The van der Waals surface area contributed by atoms with Crippen molar-refractivity contribution in [2.45, 2.75) is 244 Å². The Hall–Kier alpha value is -0.870. The molecule has 0 heterocycles. The van der Waals surface area contributed by atoms with Crippen molar-refractivity contribution >= 4 is 5.91 Å². The van der Waals surface area contributed by atoms with E-state index < -0.39 is 12.1 Å². The van der Waals surface area contributed by atoms with Gasteiger partial charge in [-0.15, -0.1) is 0 Å². The van der Waals surface area contributed by atoms with E-state index in [1.54, 1.807) is 0 Å². The van der Waals surface area contributed by atoms with Gasteiger partial charge in [0.05, 0.1) is 18.8 Å². The zero-order valence-electron chi connectivity index (χ0n) is 31.4. The zero-order valence-corrected chi connectivity index (χ0v) is 31.4. The Balaban J connectivity index is 3.51. The third kappa shape index (κ3) is 34.5. The Kier molecular flexibility index (Phi) is 37.8. The number of carbonyl (C=O) groups is 1. The number of amides is 1. The van der Waals surface area contributed by atoms with Crippen LogP contribution in [0, 0.1) is 0 Å². The van der Waals surface area contributed by atoms with E-state index in [-0.39, 0.29) is 12.5 Å². The van der Waals surface area contributed by atoms with Crippen LogP contribution in [0.2, 0.25) is 0 Å². The number of aliphatic hydroxyl groups excluding tert-OH is 2. The van der Waals surface area contributed by atoms with Gasteiger partial charge in [-0.2, -0.15) is 0 Å². The summed E-state index contributed by atoms with van der Waals surface area (Å²) in [6, 6.07) is -0.532. The molecule has 0 saturated heterocycles. The monoisotopic (exact) mass is 650 g/mol. The van der Waals surface area contributed by atoms with Crippen molar-refractivity contribution in [1.82, 2.24) is 5.32 Å². The van der Waals surface area contributed by atoms with Crippen LogP contribution in [0.15, 0.2) is 12.2 Å². The lowest BCUT2D eigenvalue weighted by Gasteiger charge is -2.22. The van der Waals surface area contributed by atoms with Crippen LogP contribution >= 0.6 is 0 Å². The fourth-order valence-electron chi connectivity index (χ4n) is 6.53. The number of unbranched alkanes of at least 4 members (excludes halogenated alkanes) is 29. The van der Waals surface area contributed by atoms with Crippen molar-refractivity contribution in [2.24, 2.45) is 0 Å². The van der Waals surface area contributed by atoms with E-state index in [2.05, 4.69) is 31.3 Å². The molecule has 1 amide bonds. The first-order chi connectivity index (χ1) is 22.7. The summed E-state index contributed by atoms with van der Waals surface area (Å²) in [4.78, 5) is 12.4. The standard InChI is InChI=1S/C42H83NO3/c1-3-5-7-9-11-13-15-17-19-20-21-22-24-26-28-30-32-34-36-38-42(46)43-40(39-44)41(45)37-35-33-31-29-27-25-23-18-16-14-12-10-8-6-4-2/h17,19,40-41,44-45H,3-16,18,20-39H2,1-2H3,(H,43,46)/b19-17-. The fourth-order valence-corrected chi connectivity index (χ4v) is 6.53. The highest BCUT2D eigenvalue weighted by molar-refractivity contribution is 5.76. The molecular weight excluding hydrogens is 566 g/mol. The first kappa shape index (κ1) is 45.1. The smallest absolute Gasteiger partial charge is 0.220 e. The average molecular weight is 650 g/mol. The van der Waals surface area contributed by atoms with Gasteiger partial charge in [-0.3, -0.25) is 4.79 Å². The Labute approximate surface area is 288 Å². The maximum absolute atomic E-state index is 12.4. The van der Waals surface area contributed by atoms with Crippen LogP contribution in [0.1, 0.15) is 232 Å². The van der Waals surface area contributed by atoms with Crippen molar-refractivity contribution in [3.63, 3.8) is 0 Å². The van der Waals surface area contributed by atoms with E-state index >= 15 is 0 Å². The molecule has 0 bridgehead atoms. The highest BCUT2D eigenvalue weighted by Crippen LogP contribution is 2.16. The molecule has 0 radical (unpaired) electrons. The van der Waals surface area contributed by atoms with Gasteiger partial charge in [-0.25, -0.2) is 0 Å². The zero-order chi connectivity index (χ0) is 33.6. The number of rotatable bonds is 38. The lowest BCUT2D eigenvalue weighted by molar-refractivity contribution is -0.123. The van der Waals surface area contributed by atoms with Gasteiger partial charge in [0.15, 0.2) is 0 Å². The molecule has 0 aliphatic carbocycles. The minimum Gasteiger partial charge on any atom is -0.394 e. The lowest BCUT2D eigenvalue weighted by atomic mass is 10.0. The molecule has 0 fully saturated rings. The van der Waals surface area contributed by atoms with Crippen LogP contribution in [0.3, 0.4) is 0 Å². The van der Waals surface area contributed by atoms with Crippen molar-refractivity contribution in [1.29, 1.82) is 0 Å². The number of aliphatic hydroxyl groups is 2. The molecule has 2 unspecified atom stereocenters. The molecule has 4 nitrogen and oxygen atoms in total. The molecule has 274 valence electrons. The van der Waals surface area contributed by atoms with Gasteiger partial charge in [0.1, 0.15) is 0 Å². The molecule has 0 aromatic carbocycles. The summed E-state index contributed by atoms with van der Waals surface area (Å²) in [5, 5.41) is 23.1. The van der Waals surface area contributed by atoms with Gasteiger partial charge < -0.3 is 15.5 Å². The molecule has 0 aromatic heterocycles. The molecule has 2 atom stereocenters. The Bertz CT molecular complexity index is 622. The summed E-state index contributed by atoms with van der Waals surface area (Å²) in [7, 11) is 0. The molecule has 0 spiro atoms. The third-order valence-electron chi connectivity index (χ3n) is 9.78. The Morgan fingerprint density at radius 1 is 0.500 bits per heavy atom. The van der Waals surface area contributed by atoms with Gasteiger partial charge in [0, 0.05) is 6.42 Å². The number of hydrogen-bond acceptors (Lipinski definition) is 3. The van der Waals surface area contributed by atoms with Gasteiger partial charge in [0.25, 0.3) is 0 Å². The maximum Gasteiger partial charge on any atom is 0.220 e. The minimum atomic E-state index is -0.656. The van der Waals surface area contributed by atoms with E-state index in [0.29, 0.717) is 12.8 Å². The van der Waals surface area contributed by atoms with Crippen LogP contribution in [0.4, 0.5) is 0 Å². The summed E-state index contributed by atoms with van der Waals surface area (Å²) in [5.41, 5.74) is 0. The van der Waals surface area contributed by atoms with E-state index in [4.69, 9.17) is 0 Å². The van der Waals surface area contributed by atoms with E-state index in [9.17, 15) is 15.0 Å². The molecular formula is C42H83NO3. The number of allylic oxidation sites excluding steroid dienone is 2. The van der Waals surface area contributed by atoms with Crippen molar-refractivity contribution < 1.29 is 15.0 Å². The van der Waals surface area contributed by atoms with Crippen molar-refractivity contribution in [3.05, 3.63) is 12.2 Å². The molecule has 0 aliphatic rings. The van der Waals surface area contributed by atoms with Crippen LogP contribution < -0.4 is 5.32 Å². The highest BCUT2D eigenvalue weighted by Gasteiger charge is 2.19. The average Bonchev–Trinajstić information content (AvgIpc) is 3.06. The van der Waals surface area contributed by atoms with E-state index in [1.165, 1.54) is 180 Å². The summed E-state index contributed by atoms with van der Waals surface area (Å²) >= 11 is 0. The first-order valence-corrected chi connectivity index (χ1v) is 20.9. The Morgan fingerprint density at radius 2 is 0.826 bits per heavy atom. The molecule has 0 saturated carbocycles. The summed E-state index contributed by atoms with van der Waals surface area (Å²) in [5.74, 6) is -0.0318.